The number of sulfonamides is 1. The highest BCUT2D eigenvalue weighted by molar-refractivity contribution is 9.10. The van der Waals surface area contributed by atoms with E-state index in [0.717, 1.165) is 24.3 Å². The Morgan fingerprint density at radius 2 is 1.82 bits per heavy atom. The van der Waals surface area contributed by atoms with E-state index < -0.39 is 10.0 Å². The average Bonchev–Trinajstić information content (AvgIpc) is 3.24. The van der Waals surface area contributed by atoms with Gasteiger partial charge in [0.2, 0.25) is 10.0 Å². The van der Waals surface area contributed by atoms with Crippen LogP contribution in [0.1, 0.15) is 28.8 Å². The first-order valence-electron chi connectivity index (χ1n) is 9.18. The third-order valence-corrected chi connectivity index (χ3v) is 8.15. The van der Waals surface area contributed by atoms with Crippen molar-refractivity contribution in [1.82, 2.24) is 9.62 Å². The Kier molecular flexibility index (Phi) is 7.56. The van der Waals surface area contributed by atoms with E-state index in [1.165, 1.54) is 15.9 Å². The van der Waals surface area contributed by atoms with Crippen molar-refractivity contribution >= 4 is 43.6 Å². The summed E-state index contributed by atoms with van der Waals surface area (Å²) < 4.78 is 27.5. The highest BCUT2D eigenvalue weighted by atomic mass is 79.9. The van der Waals surface area contributed by atoms with Gasteiger partial charge in [0, 0.05) is 35.6 Å². The van der Waals surface area contributed by atoms with Crippen LogP contribution in [-0.2, 0) is 15.8 Å². The zero-order valence-corrected chi connectivity index (χ0v) is 18.7. The summed E-state index contributed by atoms with van der Waals surface area (Å²) in [6.07, 6.45) is 1.76. The number of nitrogens with one attached hydrogen (secondary N) is 1. The molecule has 0 saturated carbocycles. The first kappa shape index (κ1) is 21.4. The Balaban J connectivity index is 1.57. The molecular formula is C20H23BrN2O3S2. The van der Waals surface area contributed by atoms with Crippen LogP contribution in [0, 0.1) is 0 Å². The van der Waals surface area contributed by atoms with Gasteiger partial charge in [0.05, 0.1) is 10.5 Å². The van der Waals surface area contributed by atoms with Crippen molar-refractivity contribution in [2.24, 2.45) is 0 Å². The van der Waals surface area contributed by atoms with E-state index in [1.54, 1.807) is 23.9 Å². The lowest BCUT2D eigenvalue weighted by molar-refractivity contribution is 0.0955. The Morgan fingerprint density at radius 3 is 2.54 bits per heavy atom. The molecule has 1 fully saturated rings. The second-order valence-corrected chi connectivity index (χ2v) is 10.4. The van der Waals surface area contributed by atoms with Crippen molar-refractivity contribution in [2.45, 2.75) is 23.5 Å². The Hall–Kier alpha value is -1.35. The molecule has 2 aromatic carbocycles. The fraction of sp³-hybridized carbons (Fsp3) is 0.350. The second kappa shape index (κ2) is 9.91. The maximum atomic E-state index is 12.7. The van der Waals surface area contributed by atoms with Gasteiger partial charge in [-0.1, -0.05) is 30.3 Å². The van der Waals surface area contributed by atoms with Crippen molar-refractivity contribution in [1.29, 1.82) is 0 Å². The van der Waals surface area contributed by atoms with Crippen molar-refractivity contribution in [3.63, 3.8) is 0 Å². The predicted molar refractivity (Wildman–Crippen MR) is 117 cm³/mol. The minimum absolute atomic E-state index is 0.168. The summed E-state index contributed by atoms with van der Waals surface area (Å²) in [6, 6.07) is 14.8. The van der Waals surface area contributed by atoms with E-state index in [1.807, 2.05) is 18.2 Å². The first-order valence-corrected chi connectivity index (χ1v) is 12.6. The fourth-order valence-electron chi connectivity index (χ4n) is 3.01. The third kappa shape index (κ3) is 5.37. The van der Waals surface area contributed by atoms with Crippen LogP contribution in [0.5, 0.6) is 0 Å². The van der Waals surface area contributed by atoms with Crippen LogP contribution in [0.2, 0.25) is 0 Å². The van der Waals surface area contributed by atoms with E-state index >= 15 is 0 Å². The molecule has 1 heterocycles. The lowest BCUT2D eigenvalue weighted by atomic mass is 10.2. The molecule has 0 spiro atoms. The summed E-state index contributed by atoms with van der Waals surface area (Å²) in [5.74, 6) is 1.40. The number of carbonyl (C=O) groups is 1. The number of hydrogen-bond acceptors (Lipinski definition) is 4. The molecule has 1 amide bonds. The van der Waals surface area contributed by atoms with E-state index in [0.29, 0.717) is 29.7 Å². The molecule has 1 N–H and O–H groups in total. The number of hydrogen-bond donors (Lipinski definition) is 1. The molecular weight excluding hydrogens is 460 g/mol. The largest absolute Gasteiger partial charge is 0.351 e. The van der Waals surface area contributed by atoms with Crippen LogP contribution in [0.4, 0.5) is 0 Å². The summed E-state index contributed by atoms with van der Waals surface area (Å²) in [5, 5.41) is 2.88. The molecule has 0 aromatic heterocycles. The molecule has 150 valence electrons. The standard InChI is InChI=1S/C20H23BrN2O3S2/c21-19-9-8-17(28(25,26)23-11-4-5-12-23)14-18(19)20(24)22-10-13-27-15-16-6-2-1-3-7-16/h1-3,6-9,14H,4-5,10-13,15H2,(H,22,24). The number of amides is 1. The van der Waals surface area contributed by atoms with Crippen LogP contribution in [0.3, 0.4) is 0 Å². The van der Waals surface area contributed by atoms with Crippen LogP contribution in [0.15, 0.2) is 57.9 Å². The Morgan fingerprint density at radius 1 is 1.11 bits per heavy atom. The topological polar surface area (TPSA) is 66.5 Å². The molecule has 0 unspecified atom stereocenters. The number of halogens is 1. The number of rotatable bonds is 8. The summed E-state index contributed by atoms with van der Waals surface area (Å²) in [4.78, 5) is 12.7. The van der Waals surface area contributed by atoms with Gasteiger partial charge >= 0.3 is 0 Å². The van der Waals surface area contributed by atoms with Gasteiger partial charge < -0.3 is 5.32 Å². The number of nitrogens with zero attached hydrogens (tertiary/aromatic N) is 1. The monoisotopic (exact) mass is 482 g/mol. The number of benzene rings is 2. The first-order chi connectivity index (χ1) is 13.5. The van der Waals surface area contributed by atoms with Crippen LogP contribution >= 0.6 is 27.7 Å². The van der Waals surface area contributed by atoms with Gasteiger partial charge in [-0.15, -0.1) is 0 Å². The lowest BCUT2D eigenvalue weighted by Crippen LogP contribution is -2.29. The molecule has 0 aliphatic carbocycles. The zero-order valence-electron chi connectivity index (χ0n) is 15.4. The normalized spacial score (nSPS) is 14.9. The summed E-state index contributed by atoms with van der Waals surface area (Å²) >= 11 is 5.10. The molecule has 0 radical (unpaired) electrons. The molecule has 1 aliphatic rings. The van der Waals surface area contributed by atoms with E-state index in [9.17, 15) is 13.2 Å². The third-order valence-electron chi connectivity index (χ3n) is 4.53. The SMILES string of the molecule is O=C(NCCSCc1ccccc1)c1cc(S(=O)(=O)N2CCCC2)ccc1Br. The maximum Gasteiger partial charge on any atom is 0.252 e. The lowest BCUT2D eigenvalue weighted by Gasteiger charge is -2.16. The highest BCUT2D eigenvalue weighted by Gasteiger charge is 2.28. The van der Waals surface area contributed by atoms with Crippen LogP contribution in [0.25, 0.3) is 0 Å². The molecule has 5 nitrogen and oxygen atoms in total. The van der Waals surface area contributed by atoms with Gasteiger partial charge in [-0.05, 0) is 52.5 Å². The smallest absolute Gasteiger partial charge is 0.252 e. The predicted octanol–water partition coefficient (Wildman–Crippen LogP) is 3.90. The molecule has 1 aliphatic heterocycles. The van der Waals surface area contributed by atoms with Crippen molar-refractivity contribution in [3.05, 3.63) is 64.1 Å². The summed E-state index contributed by atoms with van der Waals surface area (Å²) in [7, 11) is -3.54. The number of thioether (sulfide) groups is 1. The van der Waals surface area contributed by atoms with Crippen LogP contribution in [-0.4, -0.2) is 44.0 Å². The van der Waals surface area contributed by atoms with Gasteiger partial charge in [-0.25, -0.2) is 8.42 Å². The molecule has 0 bridgehead atoms. The minimum atomic E-state index is -3.54. The van der Waals surface area contributed by atoms with Crippen molar-refractivity contribution in [2.75, 3.05) is 25.4 Å². The van der Waals surface area contributed by atoms with Gasteiger partial charge in [0.15, 0.2) is 0 Å². The van der Waals surface area contributed by atoms with Gasteiger partial charge in [0.1, 0.15) is 0 Å². The van der Waals surface area contributed by atoms with Crippen molar-refractivity contribution in [3.8, 4) is 0 Å². The maximum absolute atomic E-state index is 12.7. The zero-order chi connectivity index (χ0) is 20.0. The number of carbonyl (C=O) groups excluding carboxylic acids is 1. The van der Waals surface area contributed by atoms with E-state index in [-0.39, 0.29) is 10.8 Å². The molecule has 8 heteroatoms. The van der Waals surface area contributed by atoms with E-state index in [2.05, 4.69) is 33.4 Å². The molecule has 2 aromatic rings. The quantitative estimate of drug-likeness (QED) is 0.579. The molecule has 28 heavy (non-hydrogen) atoms. The Labute approximate surface area is 179 Å². The fourth-order valence-corrected chi connectivity index (χ4v) is 5.80. The minimum Gasteiger partial charge on any atom is -0.351 e. The summed E-state index contributed by atoms with van der Waals surface area (Å²) in [6.45, 7) is 1.60. The van der Waals surface area contributed by atoms with Gasteiger partial charge in [-0.3, -0.25) is 4.79 Å². The molecule has 0 atom stereocenters. The van der Waals surface area contributed by atoms with E-state index in [4.69, 9.17) is 0 Å². The van der Waals surface area contributed by atoms with Crippen molar-refractivity contribution < 1.29 is 13.2 Å². The second-order valence-electron chi connectivity index (χ2n) is 6.55. The average molecular weight is 483 g/mol. The van der Waals surface area contributed by atoms with Crippen LogP contribution < -0.4 is 5.32 Å². The highest BCUT2D eigenvalue weighted by Crippen LogP contribution is 2.25. The summed E-state index contributed by atoms with van der Waals surface area (Å²) in [5.41, 5.74) is 1.59. The van der Waals surface area contributed by atoms with Gasteiger partial charge in [-0.2, -0.15) is 16.1 Å². The molecule has 3 rings (SSSR count). The Bertz CT molecular complexity index is 914. The van der Waals surface area contributed by atoms with Gasteiger partial charge in [0.25, 0.3) is 5.91 Å². The molecule has 1 saturated heterocycles.